The van der Waals surface area contributed by atoms with E-state index >= 15 is 0 Å². The third kappa shape index (κ3) is 6.00. The van der Waals surface area contributed by atoms with Gasteiger partial charge in [-0.3, -0.25) is 4.79 Å². The maximum atomic E-state index is 10.3. The predicted octanol–water partition coefficient (Wildman–Crippen LogP) is 3.20. The molecule has 1 aliphatic carbocycles. The van der Waals surface area contributed by atoms with E-state index in [4.69, 9.17) is 5.11 Å². The monoisotopic (exact) mass is 302 g/mol. The molecular formula is C8H16Br2O2. The third-order valence-corrected chi connectivity index (χ3v) is 2.19. The zero-order chi connectivity index (χ0) is 7.40. The smallest absolute Gasteiger partial charge is 0.303 e. The van der Waals surface area contributed by atoms with Gasteiger partial charge in [-0.05, 0) is 18.8 Å². The van der Waals surface area contributed by atoms with Gasteiger partial charge >= 0.3 is 5.97 Å². The minimum absolute atomic E-state index is 0. The SMILES string of the molecule is Br.Br.O=C(O)CC1CCCCC1. The highest BCUT2D eigenvalue weighted by atomic mass is 79.9. The molecule has 1 N–H and O–H groups in total. The maximum Gasteiger partial charge on any atom is 0.303 e. The van der Waals surface area contributed by atoms with Crippen molar-refractivity contribution in [2.24, 2.45) is 5.92 Å². The van der Waals surface area contributed by atoms with Crippen LogP contribution in [0.4, 0.5) is 0 Å². The minimum atomic E-state index is -0.632. The molecule has 0 aliphatic heterocycles. The summed E-state index contributed by atoms with van der Waals surface area (Å²) in [6, 6.07) is 0. The molecule has 0 saturated heterocycles. The van der Waals surface area contributed by atoms with Crippen LogP contribution in [0.3, 0.4) is 0 Å². The number of hydrogen-bond acceptors (Lipinski definition) is 1. The molecule has 0 aromatic heterocycles. The Balaban J connectivity index is 0. The van der Waals surface area contributed by atoms with Crippen molar-refractivity contribution in [1.29, 1.82) is 0 Å². The molecule has 1 fully saturated rings. The highest BCUT2D eigenvalue weighted by molar-refractivity contribution is 8.93. The van der Waals surface area contributed by atoms with Gasteiger partial charge in [0.2, 0.25) is 0 Å². The first-order valence-electron chi connectivity index (χ1n) is 4.01. The number of aliphatic carboxylic acids is 1. The summed E-state index contributed by atoms with van der Waals surface area (Å²) >= 11 is 0. The first-order valence-corrected chi connectivity index (χ1v) is 4.01. The van der Waals surface area contributed by atoms with E-state index < -0.39 is 5.97 Å². The molecule has 0 bridgehead atoms. The first-order chi connectivity index (χ1) is 4.79. The maximum absolute atomic E-state index is 10.3. The topological polar surface area (TPSA) is 37.3 Å². The Morgan fingerprint density at radius 3 is 2.08 bits per heavy atom. The summed E-state index contributed by atoms with van der Waals surface area (Å²) in [6.07, 6.45) is 6.42. The third-order valence-electron chi connectivity index (χ3n) is 2.19. The van der Waals surface area contributed by atoms with Crippen LogP contribution >= 0.6 is 34.0 Å². The van der Waals surface area contributed by atoms with Crippen molar-refractivity contribution < 1.29 is 9.90 Å². The Bertz CT molecular complexity index is 122. The molecule has 0 aromatic carbocycles. The van der Waals surface area contributed by atoms with Gasteiger partial charge in [-0.1, -0.05) is 19.3 Å². The second-order valence-corrected chi connectivity index (χ2v) is 3.10. The lowest BCUT2D eigenvalue weighted by molar-refractivity contribution is -0.138. The van der Waals surface area contributed by atoms with Crippen molar-refractivity contribution in [3.63, 3.8) is 0 Å². The fourth-order valence-corrected chi connectivity index (χ4v) is 1.64. The minimum Gasteiger partial charge on any atom is -0.481 e. The number of rotatable bonds is 2. The van der Waals surface area contributed by atoms with E-state index in [1.54, 1.807) is 0 Å². The Labute approximate surface area is 94.3 Å². The molecule has 1 rings (SSSR count). The normalized spacial score (nSPS) is 17.3. The van der Waals surface area contributed by atoms with Crippen LogP contribution in [0.25, 0.3) is 0 Å². The number of carboxylic acid groups (broad SMARTS) is 1. The number of carbonyl (C=O) groups is 1. The Morgan fingerprint density at radius 1 is 1.17 bits per heavy atom. The van der Waals surface area contributed by atoms with Crippen LogP contribution in [0.1, 0.15) is 38.5 Å². The molecule has 1 aliphatic rings. The molecule has 1 saturated carbocycles. The van der Waals surface area contributed by atoms with Crippen molar-refractivity contribution >= 4 is 39.9 Å². The van der Waals surface area contributed by atoms with E-state index in [1.165, 1.54) is 19.3 Å². The van der Waals surface area contributed by atoms with Gasteiger partial charge in [0.05, 0.1) is 0 Å². The fourth-order valence-electron chi connectivity index (χ4n) is 1.64. The van der Waals surface area contributed by atoms with Crippen molar-refractivity contribution in [2.45, 2.75) is 38.5 Å². The highest BCUT2D eigenvalue weighted by Gasteiger charge is 2.15. The van der Waals surface area contributed by atoms with Crippen LogP contribution in [0, 0.1) is 5.92 Å². The van der Waals surface area contributed by atoms with Crippen molar-refractivity contribution in [1.82, 2.24) is 0 Å². The molecule has 0 heterocycles. The molecule has 0 amide bonds. The quantitative estimate of drug-likeness (QED) is 0.850. The summed E-state index contributed by atoms with van der Waals surface area (Å²) in [7, 11) is 0. The zero-order valence-electron chi connectivity index (χ0n) is 6.99. The average molecular weight is 304 g/mol. The molecule has 74 valence electrons. The Kier molecular flexibility index (Phi) is 10.0. The highest BCUT2D eigenvalue weighted by Crippen LogP contribution is 2.25. The van der Waals surface area contributed by atoms with Crippen LogP contribution in [0.2, 0.25) is 0 Å². The molecule has 12 heavy (non-hydrogen) atoms. The van der Waals surface area contributed by atoms with Crippen LogP contribution < -0.4 is 0 Å². The van der Waals surface area contributed by atoms with Gasteiger partial charge in [-0.2, -0.15) is 0 Å². The number of carboxylic acids is 1. The molecular weight excluding hydrogens is 288 g/mol. The van der Waals surface area contributed by atoms with Crippen LogP contribution in [0.15, 0.2) is 0 Å². The van der Waals surface area contributed by atoms with E-state index in [2.05, 4.69) is 0 Å². The van der Waals surface area contributed by atoms with E-state index in [0.717, 1.165) is 12.8 Å². The molecule has 4 heteroatoms. The second-order valence-electron chi connectivity index (χ2n) is 3.10. The summed E-state index contributed by atoms with van der Waals surface area (Å²) in [5.41, 5.74) is 0. The summed E-state index contributed by atoms with van der Waals surface area (Å²) in [5, 5.41) is 8.47. The van der Waals surface area contributed by atoms with E-state index in [9.17, 15) is 4.79 Å². The largest absolute Gasteiger partial charge is 0.481 e. The molecule has 0 aromatic rings. The number of hydrogen-bond donors (Lipinski definition) is 1. The zero-order valence-corrected chi connectivity index (χ0v) is 10.4. The van der Waals surface area contributed by atoms with Crippen molar-refractivity contribution in [3.05, 3.63) is 0 Å². The number of halogens is 2. The first kappa shape index (κ1) is 14.9. The van der Waals surface area contributed by atoms with Gasteiger partial charge in [0.15, 0.2) is 0 Å². The van der Waals surface area contributed by atoms with Crippen molar-refractivity contribution in [2.75, 3.05) is 0 Å². The van der Waals surface area contributed by atoms with Gasteiger partial charge in [-0.15, -0.1) is 34.0 Å². The van der Waals surface area contributed by atoms with Crippen LogP contribution in [-0.4, -0.2) is 11.1 Å². The fraction of sp³-hybridized carbons (Fsp3) is 0.875. The lowest BCUT2D eigenvalue weighted by Gasteiger charge is -2.18. The Morgan fingerprint density at radius 2 is 1.67 bits per heavy atom. The van der Waals surface area contributed by atoms with Crippen LogP contribution in [0.5, 0.6) is 0 Å². The van der Waals surface area contributed by atoms with Gasteiger partial charge in [-0.25, -0.2) is 0 Å². The molecule has 0 atom stereocenters. The van der Waals surface area contributed by atoms with Gasteiger partial charge in [0.1, 0.15) is 0 Å². The van der Waals surface area contributed by atoms with E-state index in [1.807, 2.05) is 0 Å². The van der Waals surface area contributed by atoms with Crippen molar-refractivity contribution in [3.8, 4) is 0 Å². The van der Waals surface area contributed by atoms with Gasteiger partial charge in [0, 0.05) is 6.42 Å². The van der Waals surface area contributed by atoms with E-state index in [0.29, 0.717) is 12.3 Å². The molecule has 0 unspecified atom stereocenters. The van der Waals surface area contributed by atoms with E-state index in [-0.39, 0.29) is 34.0 Å². The lowest BCUT2D eigenvalue weighted by Crippen LogP contribution is -2.10. The summed E-state index contributed by atoms with van der Waals surface area (Å²) in [5.74, 6) is -0.154. The summed E-state index contributed by atoms with van der Waals surface area (Å²) in [4.78, 5) is 10.3. The lowest BCUT2D eigenvalue weighted by atomic mass is 9.87. The van der Waals surface area contributed by atoms with Crippen LogP contribution in [-0.2, 0) is 4.79 Å². The molecule has 2 nitrogen and oxygen atoms in total. The average Bonchev–Trinajstić information content (AvgIpc) is 1.88. The van der Waals surface area contributed by atoms with Gasteiger partial charge < -0.3 is 5.11 Å². The summed E-state index contributed by atoms with van der Waals surface area (Å²) in [6.45, 7) is 0. The Hall–Kier alpha value is 0.430. The molecule has 0 spiro atoms. The standard InChI is InChI=1S/C8H14O2.2BrH/c9-8(10)6-7-4-2-1-3-5-7;;/h7H,1-6H2,(H,9,10);2*1H. The summed E-state index contributed by atoms with van der Waals surface area (Å²) < 4.78 is 0. The van der Waals surface area contributed by atoms with Gasteiger partial charge in [0.25, 0.3) is 0 Å². The second kappa shape index (κ2) is 8.05. The predicted molar refractivity (Wildman–Crippen MR) is 59.5 cm³/mol. The molecule has 0 radical (unpaired) electrons.